The summed E-state index contributed by atoms with van der Waals surface area (Å²) in [4.78, 5) is 41.5. The number of nitrogens with zero attached hydrogens (tertiary/aromatic N) is 3. The van der Waals surface area contributed by atoms with Crippen LogP contribution in [0.1, 0.15) is 60.3 Å². The Kier molecular flexibility index (Phi) is 5.25. The Morgan fingerprint density at radius 1 is 1.25 bits per heavy atom. The number of ether oxygens (including phenoxy) is 1. The molecule has 1 unspecified atom stereocenters. The van der Waals surface area contributed by atoms with Gasteiger partial charge in [0.15, 0.2) is 0 Å². The third-order valence-electron chi connectivity index (χ3n) is 6.76. The highest BCUT2D eigenvalue weighted by Crippen LogP contribution is 2.33. The van der Waals surface area contributed by atoms with Crippen molar-refractivity contribution in [2.45, 2.75) is 51.7 Å². The maximum atomic E-state index is 13.4. The van der Waals surface area contributed by atoms with Crippen LogP contribution in [0.15, 0.2) is 29.1 Å². The van der Waals surface area contributed by atoms with Crippen LogP contribution in [-0.2, 0) is 13.0 Å². The SMILES string of the molecule is COc1cccc2[nH]c(C(=O)N3CCCC3c3nc4c(c(=O)[nH]3)CCN(C(C)C)C4)cc12. The predicted octanol–water partition coefficient (Wildman–Crippen LogP) is 3.00. The third-order valence-corrected chi connectivity index (χ3v) is 6.76. The van der Waals surface area contributed by atoms with Gasteiger partial charge in [-0.15, -0.1) is 0 Å². The molecule has 0 spiro atoms. The number of fused-ring (bicyclic) bond motifs is 2. The summed E-state index contributed by atoms with van der Waals surface area (Å²) >= 11 is 0. The molecule has 1 aromatic carbocycles. The van der Waals surface area contributed by atoms with E-state index >= 15 is 0 Å². The average Bonchev–Trinajstić information content (AvgIpc) is 3.45. The second-order valence-electron chi connectivity index (χ2n) is 8.95. The first-order valence-electron chi connectivity index (χ1n) is 11.3. The zero-order valence-corrected chi connectivity index (χ0v) is 18.8. The van der Waals surface area contributed by atoms with Gasteiger partial charge in [0.25, 0.3) is 11.5 Å². The minimum atomic E-state index is -0.233. The summed E-state index contributed by atoms with van der Waals surface area (Å²) in [6, 6.07) is 7.71. The Morgan fingerprint density at radius 2 is 2.09 bits per heavy atom. The molecule has 8 heteroatoms. The number of rotatable bonds is 4. The average molecular weight is 436 g/mol. The van der Waals surface area contributed by atoms with Gasteiger partial charge in [-0.3, -0.25) is 14.5 Å². The van der Waals surface area contributed by atoms with E-state index in [0.717, 1.165) is 47.3 Å². The molecule has 1 saturated heterocycles. The van der Waals surface area contributed by atoms with Crippen LogP contribution in [0.5, 0.6) is 5.75 Å². The predicted molar refractivity (Wildman–Crippen MR) is 122 cm³/mol. The van der Waals surface area contributed by atoms with Gasteiger partial charge in [0.05, 0.1) is 18.8 Å². The molecule has 0 saturated carbocycles. The second-order valence-corrected chi connectivity index (χ2v) is 8.95. The topological polar surface area (TPSA) is 94.3 Å². The first-order valence-corrected chi connectivity index (χ1v) is 11.3. The molecule has 2 N–H and O–H groups in total. The van der Waals surface area contributed by atoms with E-state index in [1.807, 2.05) is 29.2 Å². The fourth-order valence-electron chi connectivity index (χ4n) is 4.95. The standard InChI is InChI=1S/C24H29N5O3/c1-14(2)28-11-9-15-19(13-28)26-22(27-23(15)30)20-7-5-10-29(20)24(31)18-12-16-17(25-18)6-4-8-21(16)32-3/h4,6,8,12,14,20,25H,5,7,9-11,13H2,1-3H3,(H,26,27,30). The molecule has 8 nitrogen and oxygen atoms in total. The molecule has 3 aromatic rings. The van der Waals surface area contributed by atoms with Crippen molar-refractivity contribution < 1.29 is 9.53 Å². The number of methoxy groups -OCH3 is 1. The molecule has 0 aliphatic carbocycles. The molecule has 4 heterocycles. The largest absolute Gasteiger partial charge is 0.496 e. The summed E-state index contributed by atoms with van der Waals surface area (Å²) in [6.45, 7) is 6.49. The van der Waals surface area contributed by atoms with Crippen molar-refractivity contribution in [2.75, 3.05) is 20.2 Å². The van der Waals surface area contributed by atoms with Gasteiger partial charge < -0.3 is 19.6 Å². The van der Waals surface area contributed by atoms with Crippen molar-refractivity contribution in [3.63, 3.8) is 0 Å². The Morgan fingerprint density at radius 3 is 2.88 bits per heavy atom. The van der Waals surface area contributed by atoms with E-state index in [0.29, 0.717) is 37.1 Å². The number of aromatic amines is 2. The van der Waals surface area contributed by atoms with Crippen LogP contribution in [0, 0.1) is 0 Å². The molecule has 2 aliphatic rings. The summed E-state index contributed by atoms with van der Waals surface area (Å²) in [5.74, 6) is 1.24. The van der Waals surface area contributed by atoms with Crippen LogP contribution >= 0.6 is 0 Å². The molecule has 0 bridgehead atoms. The third kappa shape index (κ3) is 3.48. The van der Waals surface area contributed by atoms with Crippen molar-refractivity contribution in [3.05, 3.63) is 57.4 Å². The lowest BCUT2D eigenvalue weighted by atomic mass is 10.0. The van der Waals surface area contributed by atoms with Crippen molar-refractivity contribution in [1.29, 1.82) is 0 Å². The number of aromatic nitrogens is 3. The van der Waals surface area contributed by atoms with Crippen LogP contribution in [-0.4, -0.2) is 56.9 Å². The number of H-pyrrole nitrogens is 2. The Bertz CT molecular complexity index is 1230. The quantitative estimate of drug-likeness (QED) is 0.657. The molecule has 1 fully saturated rings. The molecule has 2 aromatic heterocycles. The number of amides is 1. The number of nitrogens with one attached hydrogen (secondary N) is 2. The monoisotopic (exact) mass is 435 g/mol. The first kappa shape index (κ1) is 20.8. The lowest BCUT2D eigenvalue weighted by Gasteiger charge is -2.31. The maximum Gasteiger partial charge on any atom is 0.270 e. The normalized spacial score (nSPS) is 19.0. The summed E-state index contributed by atoms with van der Waals surface area (Å²) in [7, 11) is 1.62. The van der Waals surface area contributed by atoms with Gasteiger partial charge >= 0.3 is 0 Å². The summed E-state index contributed by atoms with van der Waals surface area (Å²) < 4.78 is 5.43. The van der Waals surface area contributed by atoms with Crippen LogP contribution < -0.4 is 10.3 Å². The number of hydrogen-bond acceptors (Lipinski definition) is 5. The Hall–Kier alpha value is -3.13. The molecule has 32 heavy (non-hydrogen) atoms. The Balaban J connectivity index is 1.46. The van der Waals surface area contributed by atoms with Gasteiger partial charge in [0, 0.05) is 42.1 Å². The van der Waals surface area contributed by atoms with E-state index in [9.17, 15) is 9.59 Å². The van der Waals surface area contributed by atoms with Crippen LogP contribution in [0.4, 0.5) is 0 Å². The van der Waals surface area contributed by atoms with Gasteiger partial charge in [-0.05, 0) is 51.3 Å². The van der Waals surface area contributed by atoms with E-state index < -0.39 is 0 Å². The number of benzene rings is 1. The van der Waals surface area contributed by atoms with E-state index in [1.165, 1.54) is 0 Å². The zero-order chi connectivity index (χ0) is 22.4. The van der Waals surface area contributed by atoms with E-state index in [-0.39, 0.29) is 17.5 Å². The van der Waals surface area contributed by atoms with Gasteiger partial charge in [-0.25, -0.2) is 4.98 Å². The second kappa shape index (κ2) is 8.09. The highest BCUT2D eigenvalue weighted by molar-refractivity contribution is 6.00. The first-order chi connectivity index (χ1) is 15.5. The van der Waals surface area contributed by atoms with Crippen molar-refractivity contribution >= 4 is 16.8 Å². The van der Waals surface area contributed by atoms with E-state index in [1.54, 1.807) is 7.11 Å². The van der Waals surface area contributed by atoms with Gasteiger partial charge in [0.2, 0.25) is 0 Å². The van der Waals surface area contributed by atoms with Crippen LogP contribution in [0.2, 0.25) is 0 Å². The summed E-state index contributed by atoms with van der Waals surface area (Å²) in [5, 5.41) is 0.878. The lowest BCUT2D eigenvalue weighted by molar-refractivity contribution is 0.0724. The smallest absolute Gasteiger partial charge is 0.270 e. The molecule has 168 valence electrons. The van der Waals surface area contributed by atoms with Crippen molar-refractivity contribution in [2.24, 2.45) is 0 Å². The van der Waals surface area contributed by atoms with E-state index in [4.69, 9.17) is 9.72 Å². The zero-order valence-electron chi connectivity index (χ0n) is 18.8. The lowest BCUT2D eigenvalue weighted by Crippen LogP contribution is -2.40. The van der Waals surface area contributed by atoms with Gasteiger partial charge in [-0.1, -0.05) is 6.07 Å². The highest BCUT2D eigenvalue weighted by atomic mass is 16.5. The molecular weight excluding hydrogens is 406 g/mol. The molecular formula is C24H29N5O3. The number of carbonyl (C=O) groups excluding carboxylic acids is 1. The number of likely N-dealkylation sites (tertiary alicyclic amines) is 1. The minimum absolute atomic E-state index is 0.0666. The Labute approximate surface area is 186 Å². The fourth-order valence-corrected chi connectivity index (χ4v) is 4.95. The number of hydrogen-bond donors (Lipinski definition) is 2. The summed E-state index contributed by atoms with van der Waals surface area (Å²) in [5.41, 5.74) is 2.94. The number of carbonyl (C=O) groups is 1. The van der Waals surface area contributed by atoms with E-state index in [2.05, 4.69) is 28.7 Å². The maximum absolute atomic E-state index is 13.4. The van der Waals surface area contributed by atoms with Gasteiger partial charge in [-0.2, -0.15) is 0 Å². The molecule has 5 rings (SSSR count). The molecule has 0 radical (unpaired) electrons. The summed E-state index contributed by atoms with van der Waals surface area (Å²) in [6.07, 6.45) is 2.37. The van der Waals surface area contributed by atoms with Crippen LogP contribution in [0.3, 0.4) is 0 Å². The highest BCUT2D eigenvalue weighted by Gasteiger charge is 2.34. The van der Waals surface area contributed by atoms with Crippen LogP contribution in [0.25, 0.3) is 10.9 Å². The van der Waals surface area contributed by atoms with Crippen molar-refractivity contribution in [3.8, 4) is 5.75 Å². The minimum Gasteiger partial charge on any atom is -0.496 e. The molecule has 2 aliphatic heterocycles. The fraction of sp³-hybridized carbons (Fsp3) is 0.458. The molecule has 1 atom stereocenters. The molecule has 1 amide bonds. The van der Waals surface area contributed by atoms with Crippen molar-refractivity contribution in [1.82, 2.24) is 24.8 Å². The van der Waals surface area contributed by atoms with Gasteiger partial charge in [0.1, 0.15) is 17.3 Å².